The standard InChI is InChI=1S/C15H10F2N2/c16-13-4-2-10(7-14(13)17)1-3-11-8-19-15-9-18-6-5-12(11)15/h1-9,19H/b3-1+. The highest BCUT2D eigenvalue weighted by molar-refractivity contribution is 5.90. The third-order valence-electron chi connectivity index (χ3n) is 2.91. The molecule has 3 aromatic rings. The van der Waals surface area contributed by atoms with E-state index in [1.165, 1.54) is 12.1 Å². The average molecular weight is 256 g/mol. The number of aromatic nitrogens is 2. The average Bonchev–Trinajstić information content (AvgIpc) is 2.83. The van der Waals surface area contributed by atoms with Crippen LogP contribution in [-0.2, 0) is 0 Å². The monoisotopic (exact) mass is 256 g/mol. The van der Waals surface area contributed by atoms with Crippen molar-refractivity contribution in [3.8, 4) is 0 Å². The number of halogens is 2. The topological polar surface area (TPSA) is 28.7 Å². The molecule has 0 unspecified atom stereocenters. The van der Waals surface area contributed by atoms with Crippen molar-refractivity contribution in [3.63, 3.8) is 0 Å². The molecule has 1 aromatic carbocycles. The van der Waals surface area contributed by atoms with Crippen molar-refractivity contribution in [3.05, 3.63) is 65.6 Å². The smallest absolute Gasteiger partial charge is 0.159 e. The van der Waals surface area contributed by atoms with E-state index >= 15 is 0 Å². The van der Waals surface area contributed by atoms with Gasteiger partial charge >= 0.3 is 0 Å². The van der Waals surface area contributed by atoms with Gasteiger partial charge in [0.1, 0.15) is 0 Å². The van der Waals surface area contributed by atoms with Crippen LogP contribution in [0.25, 0.3) is 23.1 Å². The second-order valence-electron chi connectivity index (χ2n) is 4.17. The second-order valence-corrected chi connectivity index (χ2v) is 4.17. The number of nitrogens with one attached hydrogen (secondary N) is 1. The Morgan fingerprint density at radius 2 is 1.95 bits per heavy atom. The Hall–Kier alpha value is -2.49. The van der Waals surface area contributed by atoms with Crippen LogP contribution in [0.1, 0.15) is 11.1 Å². The van der Waals surface area contributed by atoms with Crippen molar-refractivity contribution in [2.75, 3.05) is 0 Å². The molecular formula is C15H10F2N2. The minimum Gasteiger partial charge on any atom is -0.359 e. The Bertz CT molecular complexity index is 760. The van der Waals surface area contributed by atoms with E-state index in [2.05, 4.69) is 9.97 Å². The number of pyridine rings is 1. The highest BCUT2D eigenvalue weighted by Gasteiger charge is 2.02. The minimum atomic E-state index is -0.842. The number of hydrogen-bond acceptors (Lipinski definition) is 1. The quantitative estimate of drug-likeness (QED) is 0.737. The molecule has 0 aliphatic rings. The molecule has 2 heterocycles. The highest BCUT2D eigenvalue weighted by Crippen LogP contribution is 2.19. The second kappa shape index (κ2) is 4.65. The Balaban J connectivity index is 1.96. The van der Waals surface area contributed by atoms with E-state index in [1.54, 1.807) is 18.5 Å². The van der Waals surface area contributed by atoms with Crippen LogP contribution in [0.5, 0.6) is 0 Å². The first-order chi connectivity index (χ1) is 9.24. The molecule has 2 nitrogen and oxygen atoms in total. The Morgan fingerprint density at radius 3 is 2.79 bits per heavy atom. The number of fused-ring (bicyclic) bond motifs is 1. The van der Waals surface area contributed by atoms with Crippen LogP contribution in [0.3, 0.4) is 0 Å². The van der Waals surface area contributed by atoms with E-state index in [9.17, 15) is 8.78 Å². The lowest BCUT2D eigenvalue weighted by atomic mass is 10.1. The van der Waals surface area contributed by atoms with Crippen LogP contribution in [-0.4, -0.2) is 9.97 Å². The molecule has 0 spiro atoms. The van der Waals surface area contributed by atoms with Gasteiger partial charge in [-0.05, 0) is 29.3 Å². The maximum atomic E-state index is 13.1. The molecule has 4 heteroatoms. The number of aromatic amines is 1. The van der Waals surface area contributed by atoms with Crippen molar-refractivity contribution in [2.24, 2.45) is 0 Å². The molecule has 19 heavy (non-hydrogen) atoms. The molecular weight excluding hydrogens is 246 g/mol. The maximum Gasteiger partial charge on any atom is 0.159 e. The fraction of sp³-hybridized carbons (Fsp3) is 0. The summed E-state index contributed by atoms with van der Waals surface area (Å²) >= 11 is 0. The van der Waals surface area contributed by atoms with E-state index in [0.29, 0.717) is 5.56 Å². The molecule has 0 aliphatic carbocycles. The van der Waals surface area contributed by atoms with Gasteiger partial charge in [0.15, 0.2) is 11.6 Å². The van der Waals surface area contributed by atoms with Gasteiger partial charge in [-0.1, -0.05) is 18.2 Å². The highest BCUT2D eigenvalue weighted by atomic mass is 19.2. The summed E-state index contributed by atoms with van der Waals surface area (Å²) in [5.41, 5.74) is 2.52. The van der Waals surface area contributed by atoms with E-state index in [4.69, 9.17) is 0 Å². The molecule has 0 radical (unpaired) electrons. The number of hydrogen-bond donors (Lipinski definition) is 1. The zero-order valence-corrected chi connectivity index (χ0v) is 9.90. The van der Waals surface area contributed by atoms with Gasteiger partial charge in [0.2, 0.25) is 0 Å². The first-order valence-electron chi connectivity index (χ1n) is 5.78. The van der Waals surface area contributed by atoms with Crippen molar-refractivity contribution >= 4 is 23.1 Å². The zero-order valence-electron chi connectivity index (χ0n) is 9.90. The summed E-state index contributed by atoms with van der Waals surface area (Å²) < 4.78 is 25.9. The number of nitrogens with zero attached hydrogens (tertiary/aromatic N) is 1. The summed E-state index contributed by atoms with van der Waals surface area (Å²) in [5.74, 6) is -1.68. The van der Waals surface area contributed by atoms with Gasteiger partial charge in [-0.25, -0.2) is 8.78 Å². The van der Waals surface area contributed by atoms with Crippen LogP contribution >= 0.6 is 0 Å². The third-order valence-corrected chi connectivity index (χ3v) is 2.91. The van der Waals surface area contributed by atoms with Gasteiger partial charge < -0.3 is 4.98 Å². The molecule has 0 bridgehead atoms. The number of benzene rings is 1. The van der Waals surface area contributed by atoms with E-state index < -0.39 is 11.6 Å². The van der Waals surface area contributed by atoms with E-state index in [1.807, 2.05) is 18.3 Å². The summed E-state index contributed by atoms with van der Waals surface area (Å²) in [4.78, 5) is 7.12. The summed E-state index contributed by atoms with van der Waals surface area (Å²) in [7, 11) is 0. The zero-order chi connectivity index (χ0) is 13.2. The summed E-state index contributed by atoms with van der Waals surface area (Å²) in [6, 6.07) is 5.72. The van der Waals surface area contributed by atoms with E-state index in [-0.39, 0.29) is 0 Å². The molecule has 3 rings (SSSR count). The lowest BCUT2D eigenvalue weighted by Gasteiger charge is -1.95. The summed E-state index contributed by atoms with van der Waals surface area (Å²) in [5, 5.41) is 1.04. The van der Waals surface area contributed by atoms with Gasteiger partial charge in [0, 0.05) is 17.8 Å². The summed E-state index contributed by atoms with van der Waals surface area (Å²) in [6.07, 6.45) is 8.90. The van der Waals surface area contributed by atoms with Crippen LogP contribution in [0.4, 0.5) is 8.78 Å². The Labute approximate surface area is 108 Å². The predicted octanol–water partition coefficient (Wildman–Crippen LogP) is 4.01. The van der Waals surface area contributed by atoms with Gasteiger partial charge in [-0.15, -0.1) is 0 Å². The van der Waals surface area contributed by atoms with Crippen molar-refractivity contribution < 1.29 is 8.78 Å². The van der Waals surface area contributed by atoms with Crippen LogP contribution in [0, 0.1) is 11.6 Å². The van der Waals surface area contributed by atoms with Gasteiger partial charge in [0.25, 0.3) is 0 Å². The molecule has 0 atom stereocenters. The first kappa shape index (κ1) is 11.6. The Morgan fingerprint density at radius 1 is 1.05 bits per heavy atom. The van der Waals surface area contributed by atoms with Crippen molar-refractivity contribution in [1.29, 1.82) is 0 Å². The molecule has 0 fully saturated rings. The maximum absolute atomic E-state index is 13.1. The van der Waals surface area contributed by atoms with Gasteiger partial charge in [0.05, 0.1) is 11.7 Å². The molecule has 0 saturated heterocycles. The normalized spacial score (nSPS) is 11.5. The fourth-order valence-corrected chi connectivity index (χ4v) is 1.93. The molecule has 1 N–H and O–H groups in total. The Kier molecular flexibility index (Phi) is 2.83. The number of H-pyrrole nitrogens is 1. The summed E-state index contributed by atoms with van der Waals surface area (Å²) in [6.45, 7) is 0. The van der Waals surface area contributed by atoms with Crippen molar-refractivity contribution in [1.82, 2.24) is 9.97 Å². The van der Waals surface area contributed by atoms with Gasteiger partial charge in [-0.2, -0.15) is 0 Å². The number of rotatable bonds is 2. The molecule has 94 valence electrons. The molecule has 0 amide bonds. The molecule has 2 aromatic heterocycles. The molecule has 0 saturated carbocycles. The fourth-order valence-electron chi connectivity index (χ4n) is 1.93. The van der Waals surface area contributed by atoms with Crippen LogP contribution in [0.2, 0.25) is 0 Å². The van der Waals surface area contributed by atoms with Crippen LogP contribution in [0.15, 0.2) is 42.9 Å². The third kappa shape index (κ3) is 2.25. The largest absolute Gasteiger partial charge is 0.359 e. The van der Waals surface area contributed by atoms with Crippen molar-refractivity contribution in [2.45, 2.75) is 0 Å². The minimum absolute atomic E-state index is 0.613. The lowest BCUT2D eigenvalue weighted by Crippen LogP contribution is -1.83. The molecule has 0 aliphatic heterocycles. The lowest BCUT2D eigenvalue weighted by molar-refractivity contribution is 0.508. The van der Waals surface area contributed by atoms with E-state index in [0.717, 1.165) is 22.5 Å². The van der Waals surface area contributed by atoms with Gasteiger partial charge in [-0.3, -0.25) is 4.98 Å². The predicted molar refractivity (Wildman–Crippen MR) is 71.4 cm³/mol. The SMILES string of the molecule is Fc1ccc(/C=C/c2c[nH]c3cnccc23)cc1F. The first-order valence-corrected chi connectivity index (χ1v) is 5.78. The van der Waals surface area contributed by atoms with Crippen LogP contribution < -0.4 is 0 Å².